The molecule has 1 saturated heterocycles. The number of ether oxygens (including phenoxy) is 1. The topological polar surface area (TPSA) is 121 Å². The van der Waals surface area contributed by atoms with Crippen LogP contribution in [-0.4, -0.2) is 62.0 Å². The highest BCUT2D eigenvalue weighted by atomic mass is 32.2. The summed E-state index contributed by atoms with van der Waals surface area (Å²) >= 11 is 0. The van der Waals surface area contributed by atoms with Crippen molar-refractivity contribution in [3.05, 3.63) is 65.9 Å². The lowest BCUT2D eigenvalue weighted by Crippen LogP contribution is -2.47. The van der Waals surface area contributed by atoms with Gasteiger partial charge in [0.2, 0.25) is 10.0 Å². The molecule has 10 heteroatoms. The van der Waals surface area contributed by atoms with Gasteiger partial charge in [-0.2, -0.15) is 4.31 Å². The van der Waals surface area contributed by atoms with Crippen LogP contribution in [0, 0.1) is 6.92 Å². The molecule has 0 spiro atoms. The number of hydrogen-bond acceptors (Lipinski definition) is 5. The third-order valence-electron chi connectivity index (χ3n) is 5.57. The Kier molecular flexibility index (Phi) is 6.77. The van der Waals surface area contributed by atoms with E-state index in [0.29, 0.717) is 13.0 Å². The van der Waals surface area contributed by atoms with Crippen LogP contribution in [0.25, 0.3) is 10.9 Å². The van der Waals surface area contributed by atoms with Crippen LogP contribution < -0.4 is 10.6 Å². The molecular weight excluding hydrogens is 444 g/mol. The third kappa shape index (κ3) is 5.08. The van der Waals surface area contributed by atoms with Crippen LogP contribution in [0.4, 0.5) is 0 Å². The second kappa shape index (κ2) is 9.74. The van der Waals surface area contributed by atoms with Gasteiger partial charge in [0.15, 0.2) is 0 Å². The van der Waals surface area contributed by atoms with E-state index in [0.717, 1.165) is 22.0 Å². The van der Waals surface area contributed by atoms with Crippen LogP contribution in [-0.2, 0) is 30.8 Å². The number of aryl methyl sites for hydroxylation is 1. The van der Waals surface area contributed by atoms with Gasteiger partial charge in [-0.15, -0.1) is 0 Å². The van der Waals surface area contributed by atoms with Crippen LogP contribution >= 0.6 is 0 Å². The average molecular weight is 471 g/mol. The summed E-state index contributed by atoms with van der Waals surface area (Å²) in [6.07, 6.45) is 1.58. The van der Waals surface area contributed by atoms with E-state index in [4.69, 9.17) is 4.74 Å². The van der Waals surface area contributed by atoms with Gasteiger partial charge in [0.1, 0.15) is 6.23 Å². The molecule has 33 heavy (non-hydrogen) atoms. The van der Waals surface area contributed by atoms with Crippen molar-refractivity contribution in [2.45, 2.75) is 24.5 Å². The van der Waals surface area contributed by atoms with Gasteiger partial charge in [0.05, 0.1) is 18.0 Å². The lowest BCUT2D eigenvalue weighted by molar-refractivity contribution is -0.139. The molecule has 2 amide bonds. The highest BCUT2D eigenvalue weighted by molar-refractivity contribution is 7.89. The largest absolute Gasteiger partial charge is 0.361 e. The van der Waals surface area contributed by atoms with Gasteiger partial charge in [-0.05, 0) is 37.1 Å². The molecule has 2 aromatic carbocycles. The molecule has 3 N–H and O–H groups in total. The van der Waals surface area contributed by atoms with Crippen LogP contribution in [0.15, 0.2) is 59.6 Å². The summed E-state index contributed by atoms with van der Waals surface area (Å²) in [4.78, 5) is 27.7. The molecule has 0 unspecified atom stereocenters. The maximum Gasteiger partial charge on any atom is 0.309 e. The smallest absolute Gasteiger partial charge is 0.309 e. The number of aromatic nitrogens is 1. The minimum absolute atomic E-state index is 0.125. The number of carbonyl (C=O) groups is 2. The molecule has 4 rings (SSSR count). The Morgan fingerprint density at radius 3 is 2.61 bits per heavy atom. The normalized spacial score (nSPS) is 16.7. The van der Waals surface area contributed by atoms with E-state index < -0.39 is 28.1 Å². The molecule has 1 aliphatic rings. The van der Waals surface area contributed by atoms with Gasteiger partial charge in [-0.3, -0.25) is 9.59 Å². The first-order valence-electron chi connectivity index (χ1n) is 10.7. The predicted octanol–water partition coefficient (Wildman–Crippen LogP) is 1.30. The third-order valence-corrected chi connectivity index (χ3v) is 7.47. The van der Waals surface area contributed by atoms with Crippen molar-refractivity contribution in [3.63, 3.8) is 0 Å². The molecule has 0 bridgehead atoms. The van der Waals surface area contributed by atoms with Crippen molar-refractivity contribution < 1.29 is 22.7 Å². The standard InChI is InChI=1S/C23H26N4O5S/c1-16-6-8-18(9-7-16)33(30,31)27-12-13-32-21(27)15-26-23(29)22(28)24-11-10-17-14-25-20-5-3-2-4-19(17)20/h2-9,14,21,25H,10-13,15H2,1H3,(H,24,28)(H,26,29)/t21-/m0/s1. The molecule has 1 aromatic heterocycles. The number of benzene rings is 2. The number of nitrogens with one attached hydrogen (secondary N) is 3. The van der Waals surface area contributed by atoms with Gasteiger partial charge in [0.25, 0.3) is 0 Å². The Morgan fingerprint density at radius 2 is 1.82 bits per heavy atom. The molecule has 0 aliphatic carbocycles. The van der Waals surface area contributed by atoms with Gasteiger partial charge < -0.3 is 20.4 Å². The van der Waals surface area contributed by atoms with Crippen molar-refractivity contribution in [3.8, 4) is 0 Å². The monoisotopic (exact) mass is 470 g/mol. The van der Waals surface area contributed by atoms with E-state index in [1.807, 2.05) is 37.4 Å². The van der Waals surface area contributed by atoms with Crippen LogP contribution in [0.5, 0.6) is 0 Å². The average Bonchev–Trinajstić information content (AvgIpc) is 3.45. The zero-order valence-corrected chi connectivity index (χ0v) is 19.0. The molecule has 174 valence electrons. The number of amides is 2. The summed E-state index contributed by atoms with van der Waals surface area (Å²) in [5.74, 6) is -1.61. The minimum atomic E-state index is -3.78. The molecule has 2 heterocycles. The number of H-pyrrole nitrogens is 1. The summed E-state index contributed by atoms with van der Waals surface area (Å²) in [5.41, 5.74) is 3.01. The summed E-state index contributed by atoms with van der Waals surface area (Å²) < 4.78 is 32.6. The lowest BCUT2D eigenvalue weighted by atomic mass is 10.1. The Hall–Kier alpha value is -3.21. The van der Waals surface area contributed by atoms with E-state index in [1.165, 1.54) is 4.31 Å². The minimum Gasteiger partial charge on any atom is -0.361 e. The maximum atomic E-state index is 12.9. The number of hydrogen-bond donors (Lipinski definition) is 3. The van der Waals surface area contributed by atoms with Crippen LogP contribution in [0.2, 0.25) is 0 Å². The second-order valence-corrected chi connectivity index (χ2v) is 9.72. The number of nitrogens with zero attached hydrogens (tertiary/aromatic N) is 1. The van der Waals surface area contributed by atoms with Gasteiger partial charge >= 0.3 is 11.8 Å². The number of rotatable bonds is 7. The fourth-order valence-corrected chi connectivity index (χ4v) is 5.29. The van der Waals surface area contributed by atoms with E-state index in [1.54, 1.807) is 24.3 Å². The number of aromatic amines is 1. The first-order valence-corrected chi connectivity index (χ1v) is 12.1. The molecule has 1 fully saturated rings. The van der Waals surface area contributed by atoms with Gasteiger partial charge in [0, 0.05) is 30.2 Å². The van der Waals surface area contributed by atoms with Gasteiger partial charge in [-0.25, -0.2) is 8.42 Å². The highest BCUT2D eigenvalue weighted by Crippen LogP contribution is 2.22. The first kappa shape index (κ1) is 23.0. The lowest BCUT2D eigenvalue weighted by Gasteiger charge is -2.22. The fourth-order valence-electron chi connectivity index (χ4n) is 3.78. The number of carbonyl (C=O) groups excluding carboxylic acids is 2. The molecule has 1 aliphatic heterocycles. The highest BCUT2D eigenvalue weighted by Gasteiger charge is 2.36. The van der Waals surface area contributed by atoms with Crippen LogP contribution in [0.3, 0.4) is 0 Å². The van der Waals surface area contributed by atoms with E-state index in [-0.39, 0.29) is 24.6 Å². The van der Waals surface area contributed by atoms with E-state index in [2.05, 4.69) is 15.6 Å². The maximum absolute atomic E-state index is 12.9. The molecule has 0 radical (unpaired) electrons. The Balaban J connectivity index is 1.28. The number of sulfonamides is 1. The van der Waals surface area contributed by atoms with Crippen molar-refractivity contribution in [1.82, 2.24) is 19.9 Å². The van der Waals surface area contributed by atoms with Crippen LogP contribution in [0.1, 0.15) is 11.1 Å². The Bertz CT molecular complexity index is 1250. The Morgan fingerprint density at radius 1 is 1.09 bits per heavy atom. The Labute approximate surface area is 192 Å². The summed E-state index contributed by atoms with van der Waals surface area (Å²) in [7, 11) is -3.78. The molecule has 0 saturated carbocycles. The quantitative estimate of drug-likeness (QED) is 0.450. The molecule has 1 atom stereocenters. The predicted molar refractivity (Wildman–Crippen MR) is 123 cm³/mol. The second-order valence-electron chi connectivity index (χ2n) is 7.83. The zero-order chi connectivity index (χ0) is 23.4. The first-order chi connectivity index (χ1) is 15.9. The van der Waals surface area contributed by atoms with E-state index >= 15 is 0 Å². The molecule has 3 aromatic rings. The van der Waals surface area contributed by atoms with Crippen molar-refractivity contribution in [2.75, 3.05) is 26.2 Å². The fraction of sp³-hybridized carbons (Fsp3) is 0.304. The van der Waals surface area contributed by atoms with Gasteiger partial charge in [-0.1, -0.05) is 35.9 Å². The van der Waals surface area contributed by atoms with Crippen molar-refractivity contribution in [1.29, 1.82) is 0 Å². The summed E-state index contributed by atoms with van der Waals surface area (Å²) in [6.45, 7) is 2.43. The number of para-hydroxylation sites is 1. The molecular formula is C23H26N4O5S. The zero-order valence-electron chi connectivity index (χ0n) is 18.2. The number of fused-ring (bicyclic) bond motifs is 1. The summed E-state index contributed by atoms with van der Waals surface area (Å²) in [6, 6.07) is 14.4. The molecule has 9 nitrogen and oxygen atoms in total. The van der Waals surface area contributed by atoms with E-state index in [9.17, 15) is 18.0 Å². The van der Waals surface area contributed by atoms with Crippen molar-refractivity contribution >= 4 is 32.7 Å². The van der Waals surface area contributed by atoms with Crippen molar-refractivity contribution in [2.24, 2.45) is 0 Å². The summed E-state index contributed by atoms with van der Waals surface area (Å²) in [5, 5.41) is 6.14. The SMILES string of the molecule is Cc1ccc(S(=O)(=O)N2CCO[C@H]2CNC(=O)C(=O)NCCc2c[nH]c3ccccc23)cc1.